The number of rotatable bonds is 0. The van der Waals surface area contributed by atoms with E-state index in [1.165, 1.54) is 5.56 Å². The maximum Gasteiger partial charge on any atom is 0.394 e. The van der Waals surface area contributed by atoms with E-state index in [0.717, 1.165) is 5.69 Å². The van der Waals surface area contributed by atoms with Gasteiger partial charge in [-0.25, -0.2) is 0 Å². The molecule has 13 heavy (non-hydrogen) atoms. The molecule has 0 bridgehead atoms. The van der Waals surface area contributed by atoms with Crippen LogP contribution in [-0.4, -0.2) is 22.5 Å². The summed E-state index contributed by atoms with van der Waals surface area (Å²) in [6, 6.07) is 4.00. The Balaban J connectivity index is 0.000000252. The molecular weight excluding hydrogens is 194 g/mol. The highest BCUT2D eigenvalue weighted by atomic mass is 32.3. The molecule has 0 radical (unpaired) electrons. The van der Waals surface area contributed by atoms with Gasteiger partial charge in [0.05, 0.1) is 0 Å². The summed E-state index contributed by atoms with van der Waals surface area (Å²) in [5, 5.41) is 0. The SMILES string of the molecule is Cc1cccnc1C.O=S(=O)(O)O. The average Bonchev–Trinajstić information content (AvgIpc) is 1.92. The van der Waals surface area contributed by atoms with Gasteiger partial charge < -0.3 is 0 Å². The maximum absolute atomic E-state index is 8.74. The Morgan fingerprint density at radius 3 is 2.00 bits per heavy atom. The van der Waals surface area contributed by atoms with Gasteiger partial charge in [-0.3, -0.25) is 14.1 Å². The lowest BCUT2D eigenvalue weighted by Crippen LogP contribution is -1.89. The van der Waals surface area contributed by atoms with E-state index in [1.807, 2.05) is 19.2 Å². The Morgan fingerprint density at radius 1 is 1.31 bits per heavy atom. The molecule has 1 aromatic heterocycles. The Hall–Kier alpha value is -0.980. The van der Waals surface area contributed by atoms with Crippen LogP contribution in [0, 0.1) is 13.8 Å². The normalized spacial score (nSPS) is 10.2. The van der Waals surface area contributed by atoms with Crippen molar-refractivity contribution in [2.45, 2.75) is 13.8 Å². The van der Waals surface area contributed by atoms with Gasteiger partial charge in [0.25, 0.3) is 0 Å². The fraction of sp³-hybridized carbons (Fsp3) is 0.286. The zero-order chi connectivity index (χ0) is 10.5. The van der Waals surface area contributed by atoms with Crippen LogP contribution < -0.4 is 0 Å². The predicted molar refractivity (Wildman–Crippen MR) is 47.9 cm³/mol. The Morgan fingerprint density at radius 2 is 1.77 bits per heavy atom. The molecule has 0 aromatic carbocycles. The molecule has 1 aromatic rings. The molecule has 1 rings (SSSR count). The van der Waals surface area contributed by atoms with Gasteiger partial charge in [-0.2, -0.15) is 8.42 Å². The lowest BCUT2D eigenvalue weighted by Gasteiger charge is -1.92. The summed E-state index contributed by atoms with van der Waals surface area (Å²) in [5.41, 5.74) is 2.38. The Labute approximate surface area is 77.0 Å². The van der Waals surface area contributed by atoms with E-state index in [0.29, 0.717) is 0 Å². The molecule has 0 aliphatic rings. The maximum atomic E-state index is 8.74. The van der Waals surface area contributed by atoms with E-state index in [1.54, 1.807) is 0 Å². The number of hydrogen-bond acceptors (Lipinski definition) is 3. The van der Waals surface area contributed by atoms with Gasteiger partial charge in [0.15, 0.2) is 0 Å². The predicted octanol–water partition coefficient (Wildman–Crippen LogP) is 1.05. The molecule has 0 saturated carbocycles. The van der Waals surface area contributed by atoms with E-state index < -0.39 is 10.4 Å². The van der Waals surface area contributed by atoms with E-state index in [4.69, 9.17) is 17.5 Å². The smallest absolute Gasteiger partial charge is 0.264 e. The summed E-state index contributed by atoms with van der Waals surface area (Å²) < 4.78 is 31.6. The number of aryl methyl sites for hydroxylation is 2. The quantitative estimate of drug-likeness (QED) is 0.618. The van der Waals surface area contributed by atoms with Crippen LogP contribution in [0.3, 0.4) is 0 Å². The van der Waals surface area contributed by atoms with E-state index in [-0.39, 0.29) is 0 Å². The van der Waals surface area contributed by atoms with Crippen LogP contribution in [0.5, 0.6) is 0 Å². The Bertz CT molecular complexity index is 332. The van der Waals surface area contributed by atoms with E-state index in [9.17, 15) is 0 Å². The molecule has 6 heteroatoms. The fourth-order valence-corrected chi connectivity index (χ4v) is 0.565. The zero-order valence-electron chi connectivity index (χ0n) is 7.30. The third-order valence-electron chi connectivity index (χ3n) is 1.27. The summed E-state index contributed by atoms with van der Waals surface area (Å²) in [4.78, 5) is 4.08. The van der Waals surface area contributed by atoms with Crippen molar-refractivity contribution in [3.63, 3.8) is 0 Å². The highest BCUT2D eigenvalue weighted by molar-refractivity contribution is 7.79. The van der Waals surface area contributed by atoms with Crippen LogP contribution in [0.2, 0.25) is 0 Å². The molecular formula is C7H11NO4S. The van der Waals surface area contributed by atoms with Crippen molar-refractivity contribution in [1.29, 1.82) is 0 Å². The molecule has 0 atom stereocenters. The molecule has 0 amide bonds. The molecule has 0 aliphatic heterocycles. The summed E-state index contributed by atoms with van der Waals surface area (Å²) in [6.45, 7) is 4.07. The van der Waals surface area contributed by atoms with Crippen LogP contribution in [0.1, 0.15) is 11.3 Å². The average molecular weight is 205 g/mol. The van der Waals surface area contributed by atoms with Gasteiger partial charge >= 0.3 is 10.4 Å². The highest BCUT2D eigenvalue weighted by Crippen LogP contribution is 1.98. The highest BCUT2D eigenvalue weighted by Gasteiger charge is 1.85. The first-order valence-corrected chi connectivity index (χ1v) is 4.78. The van der Waals surface area contributed by atoms with Gasteiger partial charge in [0.1, 0.15) is 0 Å². The molecule has 5 nitrogen and oxygen atoms in total. The lowest BCUT2D eigenvalue weighted by molar-refractivity contribution is 0.381. The van der Waals surface area contributed by atoms with Crippen molar-refractivity contribution in [2.24, 2.45) is 0 Å². The molecule has 0 saturated heterocycles. The molecule has 0 unspecified atom stereocenters. The first-order valence-electron chi connectivity index (χ1n) is 3.39. The third kappa shape index (κ3) is 8.93. The minimum absolute atomic E-state index is 1.12. The Kier molecular flexibility index (Phi) is 4.53. The molecule has 0 spiro atoms. The lowest BCUT2D eigenvalue weighted by atomic mass is 10.2. The van der Waals surface area contributed by atoms with Crippen LogP contribution in [0.4, 0.5) is 0 Å². The summed E-state index contributed by atoms with van der Waals surface area (Å²) in [5.74, 6) is 0. The van der Waals surface area contributed by atoms with Crippen molar-refractivity contribution in [2.75, 3.05) is 0 Å². The van der Waals surface area contributed by atoms with Crippen LogP contribution in [0.15, 0.2) is 18.3 Å². The van der Waals surface area contributed by atoms with Crippen LogP contribution in [-0.2, 0) is 10.4 Å². The molecule has 0 fully saturated rings. The van der Waals surface area contributed by atoms with E-state index in [2.05, 4.69) is 18.0 Å². The second-order valence-corrected chi connectivity index (χ2v) is 3.25. The van der Waals surface area contributed by atoms with Gasteiger partial charge in [-0.1, -0.05) is 6.07 Å². The van der Waals surface area contributed by atoms with Crippen molar-refractivity contribution < 1.29 is 17.5 Å². The van der Waals surface area contributed by atoms with Crippen molar-refractivity contribution in [3.05, 3.63) is 29.6 Å². The molecule has 0 aliphatic carbocycles. The second kappa shape index (κ2) is 4.90. The molecule has 2 N–H and O–H groups in total. The fourth-order valence-electron chi connectivity index (χ4n) is 0.565. The summed E-state index contributed by atoms with van der Waals surface area (Å²) >= 11 is 0. The van der Waals surface area contributed by atoms with E-state index >= 15 is 0 Å². The van der Waals surface area contributed by atoms with Crippen LogP contribution >= 0.6 is 0 Å². The topological polar surface area (TPSA) is 87.5 Å². The standard InChI is InChI=1S/C7H9N.H2O4S/c1-6-4-3-5-8-7(6)2;1-5(2,3)4/h3-5H,1-2H3;(H2,1,2,3,4). The number of nitrogens with zero attached hydrogens (tertiary/aromatic N) is 1. The third-order valence-corrected chi connectivity index (χ3v) is 1.27. The zero-order valence-corrected chi connectivity index (χ0v) is 8.11. The largest absolute Gasteiger partial charge is 0.394 e. The second-order valence-electron chi connectivity index (χ2n) is 2.35. The molecule has 74 valence electrons. The van der Waals surface area contributed by atoms with Gasteiger partial charge in [-0.05, 0) is 25.5 Å². The van der Waals surface area contributed by atoms with Crippen molar-refractivity contribution in [1.82, 2.24) is 4.98 Å². The summed E-state index contributed by atoms with van der Waals surface area (Å²) in [6.07, 6.45) is 1.81. The van der Waals surface area contributed by atoms with Gasteiger partial charge in [0, 0.05) is 11.9 Å². The number of pyridine rings is 1. The number of aromatic nitrogens is 1. The van der Waals surface area contributed by atoms with Crippen molar-refractivity contribution in [3.8, 4) is 0 Å². The van der Waals surface area contributed by atoms with Crippen molar-refractivity contribution >= 4 is 10.4 Å². The minimum atomic E-state index is -4.67. The first-order chi connectivity index (χ1) is 5.80. The minimum Gasteiger partial charge on any atom is -0.264 e. The molecule has 1 heterocycles. The van der Waals surface area contributed by atoms with Crippen LogP contribution in [0.25, 0.3) is 0 Å². The summed E-state index contributed by atoms with van der Waals surface area (Å²) in [7, 11) is -4.67. The van der Waals surface area contributed by atoms with Gasteiger partial charge in [0.2, 0.25) is 0 Å². The van der Waals surface area contributed by atoms with Gasteiger partial charge in [-0.15, -0.1) is 0 Å². The first kappa shape index (κ1) is 12.0. The monoisotopic (exact) mass is 205 g/mol. The number of hydrogen-bond donors (Lipinski definition) is 2.